The number of aliphatic hydroxyl groups is 1. The zero-order chi connectivity index (χ0) is 18.3. The van der Waals surface area contributed by atoms with Gasteiger partial charge in [0.1, 0.15) is 5.75 Å². The lowest BCUT2D eigenvalue weighted by Crippen LogP contribution is -2.30. The number of phenols is 1. The lowest BCUT2D eigenvalue weighted by molar-refractivity contribution is -0.117. The van der Waals surface area contributed by atoms with Gasteiger partial charge in [0.05, 0.1) is 16.5 Å². The Bertz CT molecular complexity index is 993. The summed E-state index contributed by atoms with van der Waals surface area (Å²) in [6.07, 6.45) is 1.55. The Kier molecular flexibility index (Phi) is 4.06. The quantitative estimate of drug-likeness (QED) is 0.670. The van der Waals surface area contributed by atoms with Crippen LogP contribution < -0.4 is 4.90 Å². The van der Waals surface area contributed by atoms with Gasteiger partial charge in [-0.2, -0.15) is 0 Å². The monoisotopic (exact) mass is 384 g/mol. The molecule has 3 aromatic rings. The van der Waals surface area contributed by atoms with Gasteiger partial charge < -0.3 is 10.2 Å². The first-order chi connectivity index (χ1) is 12.6. The van der Waals surface area contributed by atoms with Crippen molar-refractivity contribution in [2.45, 2.75) is 6.04 Å². The molecule has 4 rings (SSSR count). The zero-order valence-corrected chi connectivity index (χ0v) is 14.8. The number of thiophene rings is 1. The van der Waals surface area contributed by atoms with Crippen LogP contribution in [0.3, 0.4) is 0 Å². The number of hydrogen-bond donors (Lipinski definition) is 2. The van der Waals surface area contributed by atoms with Crippen LogP contribution in [0.2, 0.25) is 0 Å². The first-order valence-corrected chi connectivity index (χ1v) is 9.37. The van der Waals surface area contributed by atoms with Crippen molar-refractivity contribution in [2.24, 2.45) is 0 Å². The highest BCUT2D eigenvalue weighted by atomic mass is 32.1. The molecule has 2 N–H and O–H groups in total. The molecule has 0 aliphatic carbocycles. The number of phenolic OH excluding ortho intramolecular Hbond substituents is 1. The van der Waals surface area contributed by atoms with E-state index in [1.165, 1.54) is 39.7 Å². The van der Waals surface area contributed by atoms with E-state index < -0.39 is 23.5 Å². The summed E-state index contributed by atoms with van der Waals surface area (Å²) < 4.78 is 0. The number of benzene rings is 1. The van der Waals surface area contributed by atoms with E-state index >= 15 is 0 Å². The number of aromatic nitrogens is 1. The number of carbonyl (C=O) groups is 2. The van der Waals surface area contributed by atoms with Crippen LogP contribution in [-0.2, 0) is 4.79 Å². The predicted molar refractivity (Wildman–Crippen MR) is 98.8 cm³/mol. The maximum absolute atomic E-state index is 13.0. The standard InChI is InChI=1S/C18H12N2O4S2/c21-11-5-3-10(4-6-11)14-13(15(22)12-2-1-8-25-12)16(23)17(24)20(14)18-19-7-9-26-18/h1-9,14,21,23H/t14-/m1/s1. The van der Waals surface area contributed by atoms with E-state index in [9.17, 15) is 19.8 Å². The summed E-state index contributed by atoms with van der Waals surface area (Å²) in [6, 6.07) is 8.76. The summed E-state index contributed by atoms with van der Waals surface area (Å²) in [4.78, 5) is 31.6. The van der Waals surface area contributed by atoms with Gasteiger partial charge in [-0.05, 0) is 29.1 Å². The van der Waals surface area contributed by atoms with E-state index in [-0.39, 0.29) is 11.3 Å². The molecule has 0 spiro atoms. The summed E-state index contributed by atoms with van der Waals surface area (Å²) in [7, 11) is 0. The fraction of sp³-hybridized carbons (Fsp3) is 0.0556. The minimum atomic E-state index is -0.816. The Balaban J connectivity index is 1.88. The van der Waals surface area contributed by atoms with Crippen LogP contribution in [0.15, 0.2) is 64.7 Å². The average molecular weight is 384 g/mol. The summed E-state index contributed by atoms with van der Waals surface area (Å²) in [5, 5.41) is 23.9. The SMILES string of the molecule is O=C(C1=C(O)C(=O)N(c2nccs2)[C@@H]1c1ccc(O)cc1)c1cccs1. The molecule has 0 bridgehead atoms. The molecule has 0 radical (unpaired) electrons. The Hall–Kier alpha value is -2.97. The molecule has 0 saturated heterocycles. The second-order valence-electron chi connectivity index (χ2n) is 5.55. The molecule has 0 unspecified atom stereocenters. The Labute approximate surface area is 156 Å². The number of aliphatic hydroxyl groups excluding tert-OH is 1. The number of hydrogen-bond acceptors (Lipinski definition) is 7. The van der Waals surface area contributed by atoms with Gasteiger partial charge in [-0.3, -0.25) is 14.5 Å². The molecular weight excluding hydrogens is 372 g/mol. The molecule has 0 fully saturated rings. The largest absolute Gasteiger partial charge is 0.508 e. The highest BCUT2D eigenvalue weighted by molar-refractivity contribution is 7.14. The van der Waals surface area contributed by atoms with Gasteiger partial charge in [0.25, 0.3) is 5.91 Å². The number of ketones is 1. The van der Waals surface area contributed by atoms with E-state index in [0.717, 1.165) is 0 Å². The Morgan fingerprint density at radius 1 is 1.08 bits per heavy atom. The number of thiazole rings is 1. The van der Waals surface area contributed by atoms with E-state index in [1.54, 1.807) is 41.2 Å². The van der Waals surface area contributed by atoms with Crippen molar-refractivity contribution in [1.29, 1.82) is 0 Å². The maximum Gasteiger partial charge on any atom is 0.296 e. The van der Waals surface area contributed by atoms with Crippen LogP contribution in [0.25, 0.3) is 0 Å². The topological polar surface area (TPSA) is 90.7 Å². The number of carbonyl (C=O) groups excluding carboxylic acids is 2. The molecule has 1 atom stereocenters. The van der Waals surface area contributed by atoms with Gasteiger partial charge in [0.2, 0.25) is 5.78 Å². The van der Waals surface area contributed by atoms with Crippen molar-refractivity contribution >= 4 is 39.5 Å². The van der Waals surface area contributed by atoms with Gasteiger partial charge in [-0.1, -0.05) is 18.2 Å². The smallest absolute Gasteiger partial charge is 0.296 e. The minimum Gasteiger partial charge on any atom is -0.508 e. The second kappa shape index (κ2) is 6.40. The third-order valence-corrected chi connectivity index (χ3v) is 5.67. The summed E-state index contributed by atoms with van der Waals surface area (Å²) in [5.74, 6) is -1.57. The third-order valence-electron chi connectivity index (χ3n) is 4.03. The third kappa shape index (κ3) is 2.59. The van der Waals surface area contributed by atoms with E-state index in [1.807, 2.05) is 0 Å². The lowest BCUT2D eigenvalue weighted by atomic mass is 9.95. The molecule has 26 heavy (non-hydrogen) atoms. The molecule has 1 aliphatic heterocycles. The normalized spacial score (nSPS) is 17.2. The lowest BCUT2D eigenvalue weighted by Gasteiger charge is -2.24. The van der Waals surface area contributed by atoms with Crippen LogP contribution in [-0.4, -0.2) is 26.9 Å². The van der Waals surface area contributed by atoms with Crippen LogP contribution in [0.5, 0.6) is 5.75 Å². The minimum absolute atomic E-state index is 0.0124. The van der Waals surface area contributed by atoms with Crippen molar-refractivity contribution in [2.75, 3.05) is 4.90 Å². The van der Waals surface area contributed by atoms with Crippen molar-refractivity contribution in [1.82, 2.24) is 4.98 Å². The summed E-state index contributed by atoms with van der Waals surface area (Å²) >= 11 is 2.48. The van der Waals surface area contributed by atoms with Crippen molar-refractivity contribution in [3.05, 3.63) is 75.1 Å². The number of Topliss-reactive ketones (excluding diaryl/α,β-unsaturated/α-hetero) is 1. The van der Waals surface area contributed by atoms with Crippen LogP contribution in [0.1, 0.15) is 21.3 Å². The molecule has 1 aromatic carbocycles. The second-order valence-corrected chi connectivity index (χ2v) is 7.37. The number of aromatic hydroxyl groups is 1. The number of nitrogens with zero attached hydrogens (tertiary/aromatic N) is 2. The highest BCUT2D eigenvalue weighted by Gasteiger charge is 2.45. The van der Waals surface area contributed by atoms with Crippen LogP contribution >= 0.6 is 22.7 Å². The molecule has 1 aliphatic rings. The maximum atomic E-state index is 13.0. The Morgan fingerprint density at radius 2 is 1.85 bits per heavy atom. The molecule has 130 valence electrons. The van der Waals surface area contributed by atoms with Gasteiger partial charge in [0.15, 0.2) is 10.9 Å². The average Bonchev–Trinajstić information content (AvgIpc) is 3.38. The number of anilines is 1. The van der Waals surface area contributed by atoms with Gasteiger partial charge in [-0.25, -0.2) is 4.98 Å². The van der Waals surface area contributed by atoms with Crippen LogP contribution in [0.4, 0.5) is 5.13 Å². The van der Waals surface area contributed by atoms with E-state index in [4.69, 9.17) is 0 Å². The van der Waals surface area contributed by atoms with Crippen molar-refractivity contribution < 1.29 is 19.8 Å². The number of rotatable bonds is 4. The summed E-state index contributed by atoms with van der Waals surface area (Å²) in [6.45, 7) is 0. The fourth-order valence-electron chi connectivity index (χ4n) is 2.88. The number of amides is 1. The van der Waals surface area contributed by atoms with Crippen molar-refractivity contribution in [3.8, 4) is 5.75 Å². The van der Waals surface area contributed by atoms with Crippen molar-refractivity contribution in [3.63, 3.8) is 0 Å². The summed E-state index contributed by atoms with van der Waals surface area (Å²) in [5.41, 5.74) is 0.605. The van der Waals surface area contributed by atoms with Gasteiger partial charge in [0, 0.05) is 11.6 Å². The molecule has 2 aromatic heterocycles. The molecule has 6 nitrogen and oxygen atoms in total. The molecule has 0 saturated carbocycles. The van der Waals surface area contributed by atoms with E-state index in [0.29, 0.717) is 15.6 Å². The zero-order valence-electron chi connectivity index (χ0n) is 13.2. The molecule has 3 heterocycles. The molecule has 8 heteroatoms. The fourth-order valence-corrected chi connectivity index (χ4v) is 4.23. The molecular formula is C18H12N2O4S2. The first-order valence-electron chi connectivity index (χ1n) is 7.61. The van der Waals surface area contributed by atoms with Gasteiger partial charge in [-0.15, -0.1) is 22.7 Å². The highest BCUT2D eigenvalue weighted by Crippen LogP contribution is 2.43. The first kappa shape index (κ1) is 16.5. The van der Waals surface area contributed by atoms with E-state index in [2.05, 4.69) is 4.98 Å². The van der Waals surface area contributed by atoms with Crippen LogP contribution in [0, 0.1) is 0 Å². The molecule has 1 amide bonds. The Morgan fingerprint density at radius 3 is 2.46 bits per heavy atom. The van der Waals surface area contributed by atoms with Gasteiger partial charge >= 0.3 is 0 Å². The predicted octanol–water partition coefficient (Wildman–Crippen LogP) is 3.69.